The molecule has 2 heterocycles. The maximum absolute atomic E-state index is 12.9. The van der Waals surface area contributed by atoms with E-state index in [9.17, 15) is 9.59 Å². The van der Waals surface area contributed by atoms with Gasteiger partial charge in [-0.3, -0.25) is 4.79 Å². The lowest BCUT2D eigenvalue weighted by Gasteiger charge is -2.27. The van der Waals surface area contributed by atoms with Gasteiger partial charge in [0.15, 0.2) is 12.1 Å². The minimum Gasteiger partial charge on any atom is -0.481 e. The Balaban J connectivity index is 1.52. The minimum atomic E-state index is -0.904. The van der Waals surface area contributed by atoms with Gasteiger partial charge in [0.2, 0.25) is 0 Å². The highest BCUT2D eigenvalue weighted by molar-refractivity contribution is 14.1. The number of benzene rings is 1. The lowest BCUT2D eigenvalue weighted by Crippen LogP contribution is -2.48. The number of rotatable bonds is 15. The SMILES string of the molecule is CCCCCCCC=CC=CCO[C@H]1O[C@H]([C@H](C)NC(=O)Nc2c(I)cc(CC(=O)O)cc2I)[C@@H]2OC(C)(C)O[C@H]12. The molecule has 2 saturated heterocycles. The molecule has 2 amide bonds. The summed E-state index contributed by atoms with van der Waals surface area (Å²) in [7, 11) is 0. The standard InChI is InChI=1S/C30H42I2N2O7/c1-5-6-7-8-9-10-11-12-13-14-15-38-28-27-26(40-30(3,4)41-27)25(39-28)19(2)33-29(37)34-24-21(31)16-20(17-22(24)32)18-23(35)36/h11-14,16-17,19,25-28H,5-10,15,18H2,1-4H3,(H,35,36)(H2,33,34,37)/t19-,25+,26-,27-,28-/m0/s1. The highest BCUT2D eigenvalue weighted by atomic mass is 127. The molecule has 0 saturated carbocycles. The number of urea groups is 1. The number of ether oxygens (including phenoxy) is 4. The average Bonchev–Trinajstić information content (AvgIpc) is 3.37. The Labute approximate surface area is 270 Å². The molecule has 1 aromatic rings. The van der Waals surface area contributed by atoms with Crippen molar-refractivity contribution in [2.75, 3.05) is 11.9 Å². The van der Waals surface area contributed by atoms with Gasteiger partial charge in [0.05, 0.1) is 24.8 Å². The molecule has 3 rings (SSSR count). The van der Waals surface area contributed by atoms with Crippen molar-refractivity contribution in [1.82, 2.24) is 5.32 Å². The molecular weight excluding hydrogens is 754 g/mol. The fraction of sp³-hybridized carbons (Fsp3) is 0.600. The highest BCUT2D eigenvalue weighted by Crippen LogP contribution is 2.40. The molecule has 41 heavy (non-hydrogen) atoms. The van der Waals surface area contributed by atoms with E-state index >= 15 is 0 Å². The van der Waals surface area contributed by atoms with E-state index in [1.54, 1.807) is 12.1 Å². The number of fused-ring (bicyclic) bond motifs is 1. The minimum absolute atomic E-state index is 0.0789. The highest BCUT2D eigenvalue weighted by Gasteiger charge is 2.57. The second kappa shape index (κ2) is 16.6. The number of hydrogen-bond acceptors (Lipinski definition) is 6. The van der Waals surface area contributed by atoms with Crippen LogP contribution in [-0.4, -0.2) is 60.1 Å². The van der Waals surface area contributed by atoms with Crippen molar-refractivity contribution in [3.05, 3.63) is 49.1 Å². The molecule has 3 N–H and O–H groups in total. The smallest absolute Gasteiger partial charge is 0.319 e. The summed E-state index contributed by atoms with van der Waals surface area (Å²) in [6.07, 6.45) is 13.6. The first kappa shape index (κ1) is 34.2. The van der Waals surface area contributed by atoms with Crippen LogP contribution in [0, 0.1) is 7.14 Å². The molecule has 1 aromatic carbocycles. The number of carboxylic acids is 1. The molecule has 228 valence electrons. The molecule has 9 nitrogen and oxygen atoms in total. The first-order valence-corrected chi connectivity index (χ1v) is 16.4. The van der Waals surface area contributed by atoms with E-state index in [0.29, 0.717) is 17.9 Å². The van der Waals surface area contributed by atoms with Crippen molar-refractivity contribution in [2.45, 2.75) is 109 Å². The zero-order chi connectivity index (χ0) is 30.0. The van der Waals surface area contributed by atoms with E-state index in [2.05, 4.69) is 74.9 Å². The summed E-state index contributed by atoms with van der Waals surface area (Å²) in [6.45, 7) is 8.16. The van der Waals surface area contributed by atoms with Crippen LogP contribution in [0.5, 0.6) is 0 Å². The van der Waals surface area contributed by atoms with E-state index in [0.717, 1.165) is 13.6 Å². The topological polar surface area (TPSA) is 115 Å². The van der Waals surface area contributed by atoms with Crippen LogP contribution in [0.4, 0.5) is 10.5 Å². The second-order valence-electron chi connectivity index (χ2n) is 10.8. The van der Waals surface area contributed by atoms with Crippen molar-refractivity contribution < 1.29 is 33.6 Å². The zero-order valence-electron chi connectivity index (χ0n) is 24.2. The van der Waals surface area contributed by atoms with Crippen molar-refractivity contribution in [3.8, 4) is 0 Å². The molecule has 2 aliphatic rings. The molecule has 0 aromatic heterocycles. The predicted molar refractivity (Wildman–Crippen MR) is 175 cm³/mol. The fourth-order valence-corrected chi connectivity index (χ4v) is 7.08. The van der Waals surface area contributed by atoms with Crippen molar-refractivity contribution in [1.29, 1.82) is 0 Å². The van der Waals surface area contributed by atoms with E-state index < -0.39 is 48.4 Å². The summed E-state index contributed by atoms with van der Waals surface area (Å²) in [6, 6.07) is 2.70. The summed E-state index contributed by atoms with van der Waals surface area (Å²) in [5.41, 5.74) is 1.29. The Morgan fingerprint density at radius 3 is 2.41 bits per heavy atom. The second-order valence-corrected chi connectivity index (χ2v) is 13.1. The largest absolute Gasteiger partial charge is 0.481 e. The quantitative estimate of drug-likeness (QED) is 0.102. The van der Waals surface area contributed by atoms with Gasteiger partial charge in [0.1, 0.15) is 18.3 Å². The number of aliphatic carboxylic acids is 1. The Kier molecular flexibility index (Phi) is 13.8. The third-order valence-corrected chi connectivity index (χ3v) is 8.51. The van der Waals surface area contributed by atoms with Gasteiger partial charge in [-0.1, -0.05) is 56.9 Å². The Bertz CT molecular complexity index is 1070. The molecule has 2 fully saturated rings. The monoisotopic (exact) mass is 796 g/mol. The lowest BCUT2D eigenvalue weighted by atomic mass is 10.1. The van der Waals surface area contributed by atoms with E-state index in [4.69, 9.17) is 24.1 Å². The van der Waals surface area contributed by atoms with Gasteiger partial charge in [-0.05, 0) is 96.5 Å². The van der Waals surface area contributed by atoms with Crippen LogP contribution < -0.4 is 10.6 Å². The maximum Gasteiger partial charge on any atom is 0.319 e. The lowest BCUT2D eigenvalue weighted by molar-refractivity contribution is -0.232. The molecular formula is C30H42I2N2O7. The van der Waals surface area contributed by atoms with E-state index in [1.165, 1.54) is 32.1 Å². The molecule has 0 unspecified atom stereocenters. The summed E-state index contributed by atoms with van der Waals surface area (Å²) in [4.78, 5) is 24.0. The Hall–Kier alpha value is -1.26. The number of amides is 2. The Morgan fingerprint density at radius 2 is 1.73 bits per heavy atom. The number of nitrogens with one attached hydrogen (secondary N) is 2. The number of carbonyl (C=O) groups is 2. The molecule has 0 radical (unpaired) electrons. The molecule has 0 aliphatic carbocycles. The third kappa shape index (κ3) is 10.8. The van der Waals surface area contributed by atoms with Crippen LogP contribution >= 0.6 is 45.2 Å². The maximum atomic E-state index is 12.9. The Morgan fingerprint density at radius 1 is 1.07 bits per heavy atom. The number of anilines is 1. The third-order valence-electron chi connectivity index (χ3n) is 6.81. The van der Waals surface area contributed by atoms with Crippen molar-refractivity contribution in [2.24, 2.45) is 0 Å². The van der Waals surface area contributed by atoms with Gasteiger partial charge in [-0.2, -0.15) is 0 Å². The van der Waals surface area contributed by atoms with Gasteiger partial charge >= 0.3 is 12.0 Å². The molecule has 2 aliphatic heterocycles. The molecule has 11 heteroatoms. The summed E-state index contributed by atoms with van der Waals surface area (Å²) >= 11 is 4.19. The first-order chi connectivity index (χ1) is 19.5. The summed E-state index contributed by atoms with van der Waals surface area (Å²) < 4.78 is 26.0. The van der Waals surface area contributed by atoms with Crippen LogP contribution in [0.3, 0.4) is 0 Å². The van der Waals surface area contributed by atoms with Crippen LogP contribution in [-0.2, 0) is 30.2 Å². The van der Waals surface area contributed by atoms with Gasteiger partial charge in [0.25, 0.3) is 0 Å². The van der Waals surface area contributed by atoms with Crippen LogP contribution in [0.1, 0.15) is 71.8 Å². The zero-order valence-corrected chi connectivity index (χ0v) is 28.5. The van der Waals surface area contributed by atoms with Gasteiger partial charge < -0.3 is 34.7 Å². The fourth-order valence-electron chi connectivity index (χ4n) is 4.91. The normalized spacial score (nSPS) is 24.1. The van der Waals surface area contributed by atoms with Crippen LogP contribution in [0.25, 0.3) is 0 Å². The molecule has 5 atom stereocenters. The average molecular weight is 796 g/mol. The van der Waals surface area contributed by atoms with Gasteiger partial charge in [-0.25, -0.2) is 4.79 Å². The van der Waals surface area contributed by atoms with Gasteiger partial charge in [0, 0.05) is 7.14 Å². The predicted octanol–water partition coefficient (Wildman–Crippen LogP) is 6.77. The van der Waals surface area contributed by atoms with Crippen LogP contribution in [0.2, 0.25) is 0 Å². The van der Waals surface area contributed by atoms with E-state index in [-0.39, 0.29) is 6.42 Å². The number of carboxylic acid groups (broad SMARTS) is 1. The summed E-state index contributed by atoms with van der Waals surface area (Å²) in [5, 5.41) is 14.9. The number of carbonyl (C=O) groups excluding carboxylic acids is 1. The summed E-state index contributed by atoms with van der Waals surface area (Å²) in [5.74, 6) is -1.70. The van der Waals surface area contributed by atoms with Gasteiger partial charge in [-0.15, -0.1) is 0 Å². The number of unbranched alkanes of at least 4 members (excludes halogenated alkanes) is 5. The van der Waals surface area contributed by atoms with Crippen LogP contribution in [0.15, 0.2) is 36.4 Å². The number of hydrogen-bond donors (Lipinski definition) is 3. The van der Waals surface area contributed by atoms with Crippen molar-refractivity contribution >= 4 is 62.9 Å². The van der Waals surface area contributed by atoms with Crippen molar-refractivity contribution in [3.63, 3.8) is 0 Å². The number of allylic oxidation sites excluding steroid dienone is 3. The molecule has 0 spiro atoms. The number of halogens is 2. The van der Waals surface area contributed by atoms with E-state index in [1.807, 2.05) is 32.9 Å². The molecule has 0 bridgehead atoms. The first-order valence-electron chi connectivity index (χ1n) is 14.2.